The number of carboxylic acid groups (broad SMARTS) is 1. The lowest BCUT2D eigenvalue weighted by molar-refractivity contribution is -0.150. The number of rotatable bonds is 2. The quantitative estimate of drug-likeness (QED) is 0.820. The van der Waals surface area contributed by atoms with Crippen LogP contribution in [-0.4, -0.2) is 35.0 Å². The Labute approximate surface area is 108 Å². The van der Waals surface area contributed by atoms with Gasteiger partial charge in [0.1, 0.15) is 0 Å². The van der Waals surface area contributed by atoms with Crippen molar-refractivity contribution in [2.24, 2.45) is 17.3 Å². The van der Waals surface area contributed by atoms with Crippen molar-refractivity contribution in [3.05, 3.63) is 0 Å². The Balaban J connectivity index is 2.04. The molecule has 1 amide bonds. The van der Waals surface area contributed by atoms with Crippen LogP contribution in [0.25, 0.3) is 0 Å². The summed E-state index contributed by atoms with van der Waals surface area (Å²) in [5, 5.41) is 9.16. The Morgan fingerprint density at radius 1 is 1.17 bits per heavy atom. The van der Waals surface area contributed by atoms with Crippen LogP contribution >= 0.6 is 0 Å². The number of hydrogen-bond donors (Lipinski definition) is 1. The van der Waals surface area contributed by atoms with Gasteiger partial charge in [-0.05, 0) is 31.1 Å². The van der Waals surface area contributed by atoms with E-state index in [-0.39, 0.29) is 17.2 Å². The second-order valence-corrected chi connectivity index (χ2v) is 6.51. The number of amides is 1. The van der Waals surface area contributed by atoms with Crippen LogP contribution in [0.1, 0.15) is 46.0 Å². The smallest absolute Gasteiger partial charge is 0.307 e. The van der Waals surface area contributed by atoms with E-state index in [4.69, 9.17) is 5.11 Å². The van der Waals surface area contributed by atoms with E-state index in [9.17, 15) is 9.59 Å². The summed E-state index contributed by atoms with van der Waals surface area (Å²) in [7, 11) is 0. The zero-order valence-electron chi connectivity index (χ0n) is 11.3. The van der Waals surface area contributed by atoms with Gasteiger partial charge in [-0.25, -0.2) is 0 Å². The molecule has 0 aromatic heterocycles. The number of likely N-dealkylation sites (tertiary alicyclic amines) is 1. The fourth-order valence-corrected chi connectivity index (χ4v) is 3.40. The minimum atomic E-state index is -0.804. The van der Waals surface area contributed by atoms with Crippen LogP contribution in [0.5, 0.6) is 0 Å². The molecule has 2 unspecified atom stereocenters. The maximum atomic E-state index is 12.5. The number of piperidine rings is 1. The van der Waals surface area contributed by atoms with Crippen molar-refractivity contribution in [3.8, 4) is 0 Å². The third-order valence-electron chi connectivity index (χ3n) is 4.36. The lowest BCUT2D eigenvalue weighted by Gasteiger charge is -2.39. The molecule has 1 saturated carbocycles. The number of hydrogen-bond acceptors (Lipinski definition) is 2. The predicted molar refractivity (Wildman–Crippen MR) is 68.1 cm³/mol. The molecule has 1 aliphatic carbocycles. The third-order valence-corrected chi connectivity index (χ3v) is 4.36. The molecule has 0 spiro atoms. The van der Waals surface area contributed by atoms with Gasteiger partial charge in [0.15, 0.2) is 0 Å². The Morgan fingerprint density at radius 2 is 1.83 bits per heavy atom. The van der Waals surface area contributed by atoms with Crippen molar-refractivity contribution >= 4 is 11.9 Å². The van der Waals surface area contributed by atoms with E-state index in [1.54, 1.807) is 0 Å². The molecule has 0 aromatic rings. The number of carbonyl (C=O) groups excluding carboxylic acids is 1. The molecule has 0 aromatic carbocycles. The van der Waals surface area contributed by atoms with Gasteiger partial charge in [0.2, 0.25) is 5.91 Å². The summed E-state index contributed by atoms with van der Waals surface area (Å²) in [6.07, 6.45) is 4.44. The first-order chi connectivity index (χ1) is 8.41. The highest BCUT2D eigenvalue weighted by Gasteiger charge is 2.41. The Hall–Kier alpha value is -1.06. The second-order valence-electron chi connectivity index (χ2n) is 6.51. The molecule has 2 fully saturated rings. The van der Waals surface area contributed by atoms with Crippen molar-refractivity contribution < 1.29 is 14.7 Å². The highest BCUT2D eigenvalue weighted by atomic mass is 16.4. The summed E-state index contributed by atoms with van der Waals surface area (Å²) in [6.45, 7) is 5.92. The van der Waals surface area contributed by atoms with Crippen LogP contribution in [0, 0.1) is 17.3 Å². The van der Waals surface area contributed by atoms with Crippen LogP contribution in [0.2, 0.25) is 0 Å². The van der Waals surface area contributed by atoms with Crippen LogP contribution < -0.4 is 0 Å². The van der Waals surface area contributed by atoms with Crippen LogP contribution in [0.4, 0.5) is 0 Å². The highest BCUT2D eigenvalue weighted by molar-refractivity contribution is 5.85. The van der Waals surface area contributed by atoms with Crippen molar-refractivity contribution in [2.45, 2.75) is 46.0 Å². The summed E-state index contributed by atoms with van der Waals surface area (Å²) in [5.41, 5.74) is 0.172. The standard InChI is InChI=1S/C14H23NO3/c1-14(2)7-4-8-15(9-14)12(16)10-5-3-6-11(10)13(17)18/h10-11H,3-9H2,1-2H3,(H,17,18). The van der Waals surface area contributed by atoms with E-state index in [0.29, 0.717) is 6.42 Å². The summed E-state index contributed by atoms with van der Waals surface area (Å²) in [4.78, 5) is 25.5. The van der Waals surface area contributed by atoms with E-state index in [1.807, 2.05) is 4.90 Å². The molecule has 102 valence electrons. The normalized spacial score (nSPS) is 31.3. The monoisotopic (exact) mass is 253 g/mol. The summed E-state index contributed by atoms with van der Waals surface area (Å²) < 4.78 is 0. The molecule has 2 atom stereocenters. The Bertz CT molecular complexity index is 351. The Kier molecular flexibility index (Phi) is 3.64. The van der Waals surface area contributed by atoms with E-state index >= 15 is 0 Å². The number of carbonyl (C=O) groups is 2. The van der Waals surface area contributed by atoms with Crippen molar-refractivity contribution in [3.63, 3.8) is 0 Å². The minimum absolute atomic E-state index is 0.0766. The lowest BCUT2D eigenvalue weighted by Crippen LogP contribution is -2.47. The molecular weight excluding hydrogens is 230 g/mol. The first kappa shape index (κ1) is 13.4. The maximum absolute atomic E-state index is 12.5. The minimum Gasteiger partial charge on any atom is -0.481 e. The topological polar surface area (TPSA) is 57.6 Å². The molecule has 18 heavy (non-hydrogen) atoms. The van der Waals surface area contributed by atoms with Gasteiger partial charge in [-0.2, -0.15) is 0 Å². The molecule has 0 radical (unpaired) electrons. The van der Waals surface area contributed by atoms with Crippen molar-refractivity contribution in [1.29, 1.82) is 0 Å². The molecule has 1 N–H and O–H groups in total. The largest absolute Gasteiger partial charge is 0.481 e. The van der Waals surface area contributed by atoms with E-state index in [2.05, 4.69) is 13.8 Å². The van der Waals surface area contributed by atoms with Crippen LogP contribution in [-0.2, 0) is 9.59 Å². The summed E-state index contributed by atoms with van der Waals surface area (Å²) >= 11 is 0. The molecule has 1 heterocycles. The summed E-state index contributed by atoms with van der Waals surface area (Å²) in [6, 6.07) is 0. The SMILES string of the molecule is CC1(C)CCCN(C(=O)C2CCCC2C(=O)O)C1. The van der Waals surface area contributed by atoms with Crippen molar-refractivity contribution in [1.82, 2.24) is 4.90 Å². The van der Waals surface area contributed by atoms with Crippen LogP contribution in [0.3, 0.4) is 0 Å². The van der Waals surface area contributed by atoms with Gasteiger partial charge in [0, 0.05) is 13.1 Å². The molecule has 0 bridgehead atoms. The maximum Gasteiger partial charge on any atom is 0.307 e. The van der Waals surface area contributed by atoms with Gasteiger partial charge in [-0.1, -0.05) is 20.3 Å². The van der Waals surface area contributed by atoms with E-state index < -0.39 is 11.9 Å². The molecule has 2 rings (SSSR count). The molecule has 1 saturated heterocycles. The van der Waals surface area contributed by atoms with Gasteiger partial charge < -0.3 is 10.0 Å². The molecule has 4 heteroatoms. The van der Waals surface area contributed by atoms with Gasteiger partial charge in [0.05, 0.1) is 11.8 Å². The van der Waals surface area contributed by atoms with Crippen LogP contribution in [0.15, 0.2) is 0 Å². The number of carboxylic acids is 1. The fraction of sp³-hybridized carbons (Fsp3) is 0.857. The lowest BCUT2D eigenvalue weighted by atomic mass is 9.83. The zero-order valence-corrected chi connectivity index (χ0v) is 11.3. The van der Waals surface area contributed by atoms with E-state index in [0.717, 1.165) is 38.8 Å². The van der Waals surface area contributed by atoms with E-state index in [1.165, 1.54) is 0 Å². The average molecular weight is 253 g/mol. The van der Waals surface area contributed by atoms with Gasteiger partial charge >= 0.3 is 5.97 Å². The Morgan fingerprint density at radius 3 is 2.44 bits per heavy atom. The zero-order chi connectivity index (χ0) is 13.3. The highest BCUT2D eigenvalue weighted by Crippen LogP contribution is 2.36. The molecular formula is C14H23NO3. The fourth-order valence-electron chi connectivity index (χ4n) is 3.40. The van der Waals surface area contributed by atoms with Gasteiger partial charge in [0.25, 0.3) is 0 Å². The predicted octanol–water partition coefficient (Wildman–Crippen LogP) is 2.14. The number of aliphatic carboxylic acids is 1. The van der Waals surface area contributed by atoms with Gasteiger partial charge in [-0.15, -0.1) is 0 Å². The van der Waals surface area contributed by atoms with Crippen molar-refractivity contribution in [2.75, 3.05) is 13.1 Å². The molecule has 1 aliphatic heterocycles. The summed E-state index contributed by atoms with van der Waals surface area (Å²) in [5.74, 6) is -1.46. The average Bonchev–Trinajstić information content (AvgIpc) is 2.75. The third kappa shape index (κ3) is 2.68. The second kappa shape index (κ2) is 4.90. The molecule has 4 nitrogen and oxygen atoms in total. The molecule has 2 aliphatic rings. The first-order valence-corrected chi connectivity index (χ1v) is 6.92. The van der Waals surface area contributed by atoms with Gasteiger partial charge in [-0.3, -0.25) is 9.59 Å². The first-order valence-electron chi connectivity index (χ1n) is 6.92. The number of nitrogens with zero attached hydrogens (tertiary/aromatic N) is 1.